The van der Waals surface area contributed by atoms with E-state index in [2.05, 4.69) is 18.7 Å². The van der Waals surface area contributed by atoms with E-state index < -0.39 is 0 Å². The average molecular weight is 318 g/mol. The third-order valence-corrected chi connectivity index (χ3v) is 4.73. The van der Waals surface area contributed by atoms with Crippen molar-refractivity contribution in [2.24, 2.45) is 5.92 Å². The lowest BCUT2D eigenvalue weighted by atomic mass is 9.95. The maximum atomic E-state index is 12.8. The average Bonchev–Trinajstić information content (AvgIpc) is 2.60. The molecule has 2 rings (SSSR count). The van der Waals surface area contributed by atoms with Crippen molar-refractivity contribution >= 4 is 5.91 Å². The number of carbonyl (C=O) groups is 1. The highest BCUT2D eigenvalue weighted by atomic mass is 16.5. The van der Waals surface area contributed by atoms with Crippen LogP contribution in [0.15, 0.2) is 24.3 Å². The molecule has 1 aliphatic rings. The third-order valence-electron chi connectivity index (χ3n) is 4.73. The van der Waals surface area contributed by atoms with Gasteiger partial charge in [0.2, 0.25) is 0 Å². The second-order valence-electron chi connectivity index (χ2n) is 6.15. The first-order valence-corrected chi connectivity index (χ1v) is 8.93. The molecule has 4 heteroatoms. The Morgan fingerprint density at radius 2 is 1.83 bits per heavy atom. The number of nitrogens with zero attached hydrogens (tertiary/aromatic N) is 2. The van der Waals surface area contributed by atoms with E-state index in [4.69, 9.17) is 4.74 Å². The normalized spacial score (nSPS) is 15.9. The maximum absolute atomic E-state index is 12.8. The fourth-order valence-corrected chi connectivity index (χ4v) is 3.26. The molecule has 1 fully saturated rings. The molecule has 1 aromatic rings. The van der Waals surface area contributed by atoms with Gasteiger partial charge in [-0.3, -0.25) is 4.79 Å². The summed E-state index contributed by atoms with van der Waals surface area (Å²) in [5.74, 6) is 1.52. The molecule has 1 aromatic carbocycles. The Morgan fingerprint density at radius 3 is 2.43 bits per heavy atom. The number of para-hydroxylation sites is 1. The van der Waals surface area contributed by atoms with Gasteiger partial charge in [-0.05, 0) is 50.9 Å². The Hall–Kier alpha value is -1.55. The van der Waals surface area contributed by atoms with Crippen molar-refractivity contribution in [3.05, 3.63) is 29.8 Å². The highest BCUT2D eigenvalue weighted by molar-refractivity contribution is 5.97. The largest absolute Gasteiger partial charge is 0.493 e. The lowest BCUT2D eigenvalue weighted by molar-refractivity contribution is 0.0665. The molecule has 0 spiro atoms. The number of piperidine rings is 1. The molecule has 0 aromatic heterocycles. The Labute approximate surface area is 140 Å². The van der Waals surface area contributed by atoms with E-state index in [1.807, 2.05) is 36.1 Å². The number of ether oxygens (including phenoxy) is 1. The molecule has 1 saturated heterocycles. The molecule has 1 aliphatic heterocycles. The molecule has 0 aliphatic carbocycles. The minimum atomic E-state index is 0.107. The Balaban J connectivity index is 1.93. The van der Waals surface area contributed by atoms with Crippen LogP contribution in [0.4, 0.5) is 0 Å². The molecule has 0 saturated carbocycles. The van der Waals surface area contributed by atoms with Gasteiger partial charge in [0.1, 0.15) is 5.75 Å². The summed E-state index contributed by atoms with van der Waals surface area (Å²) in [6.07, 6.45) is 2.19. The van der Waals surface area contributed by atoms with E-state index in [1.165, 1.54) is 0 Å². The van der Waals surface area contributed by atoms with Crippen LogP contribution in [0.2, 0.25) is 0 Å². The summed E-state index contributed by atoms with van der Waals surface area (Å²) < 4.78 is 5.60. The number of amides is 1. The topological polar surface area (TPSA) is 32.8 Å². The molecule has 0 atom stereocenters. The quantitative estimate of drug-likeness (QED) is 0.773. The highest BCUT2D eigenvalue weighted by Gasteiger charge is 2.26. The summed E-state index contributed by atoms with van der Waals surface area (Å²) in [5.41, 5.74) is 0.691. The van der Waals surface area contributed by atoms with E-state index in [0.29, 0.717) is 23.8 Å². The highest BCUT2D eigenvalue weighted by Crippen LogP contribution is 2.24. The summed E-state index contributed by atoms with van der Waals surface area (Å²) in [6, 6.07) is 7.57. The van der Waals surface area contributed by atoms with Gasteiger partial charge in [0.25, 0.3) is 5.91 Å². The van der Waals surface area contributed by atoms with E-state index in [-0.39, 0.29) is 5.91 Å². The molecule has 1 amide bonds. The zero-order chi connectivity index (χ0) is 16.7. The first-order chi connectivity index (χ1) is 11.2. The van der Waals surface area contributed by atoms with Gasteiger partial charge < -0.3 is 14.5 Å². The van der Waals surface area contributed by atoms with Gasteiger partial charge in [-0.15, -0.1) is 0 Å². The monoisotopic (exact) mass is 318 g/mol. The summed E-state index contributed by atoms with van der Waals surface area (Å²) in [7, 11) is 0. The van der Waals surface area contributed by atoms with Crippen molar-refractivity contribution < 1.29 is 9.53 Å². The zero-order valence-corrected chi connectivity index (χ0v) is 14.8. The molecule has 0 N–H and O–H groups in total. The van der Waals surface area contributed by atoms with Gasteiger partial charge in [0.05, 0.1) is 12.2 Å². The molecular formula is C19H30N2O2. The van der Waals surface area contributed by atoms with Crippen molar-refractivity contribution in [2.75, 3.05) is 39.3 Å². The molecule has 0 unspecified atom stereocenters. The first kappa shape index (κ1) is 17.8. The van der Waals surface area contributed by atoms with Crippen LogP contribution in [0.1, 0.15) is 44.0 Å². The maximum Gasteiger partial charge on any atom is 0.257 e. The number of benzene rings is 1. The molecular weight excluding hydrogens is 288 g/mol. The minimum absolute atomic E-state index is 0.107. The predicted octanol–water partition coefficient (Wildman–Crippen LogP) is 3.28. The Kier molecular flexibility index (Phi) is 6.90. The molecule has 1 heterocycles. The van der Waals surface area contributed by atoms with Crippen LogP contribution in [0.25, 0.3) is 0 Å². The fraction of sp³-hybridized carbons (Fsp3) is 0.632. The number of carbonyl (C=O) groups excluding carboxylic acids is 1. The summed E-state index contributed by atoms with van der Waals surface area (Å²) >= 11 is 0. The van der Waals surface area contributed by atoms with Crippen molar-refractivity contribution in [1.29, 1.82) is 0 Å². The van der Waals surface area contributed by atoms with Crippen LogP contribution >= 0.6 is 0 Å². The van der Waals surface area contributed by atoms with E-state index in [1.54, 1.807) is 0 Å². The molecule has 0 bridgehead atoms. The summed E-state index contributed by atoms with van der Waals surface area (Å²) in [5, 5.41) is 0. The second kappa shape index (κ2) is 8.92. The molecule has 4 nitrogen and oxygen atoms in total. The Bertz CT molecular complexity index is 492. The standard InChI is InChI=1S/C19H30N2O2/c1-4-20(5-2)15-16-11-13-21(14-12-16)19(22)17-9-7-8-10-18(17)23-6-3/h7-10,16H,4-6,11-15H2,1-3H3. The van der Waals surface area contributed by atoms with Crippen LogP contribution in [0.3, 0.4) is 0 Å². The van der Waals surface area contributed by atoms with Crippen molar-refractivity contribution in [1.82, 2.24) is 9.80 Å². The van der Waals surface area contributed by atoms with E-state index in [9.17, 15) is 4.79 Å². The van der Waals surface area contributed by atoms with Crippen molar-refractivity contribution in [3.8, 4) is 5.75 Å². The SMILES string of the molecule is CCOc1ccccc1C(=O)N1CCC(CN(CC)CC)CC1. The number of hydrogen-bond acceptors (Lipinski definition) is 3. The van der Waals surface area contributed by atoms with Gasteiger partial charge in [-0.1, -0.05) is 26.0 Å². The molecule has 0 radical (unpaired) electrons. The zero-order valence-electron chi connectivity index (χ0n) is 14.8. The van der Waals surface area contributed by atoms with Crippen LogP contribution < -0.4 is 4.74 Å². The van der Waals surface area contributed by atoms with Gasteiger partial charge in [-0.2, -0.15) is 0 Å². The van der Waals surface area contributed by atoms with Crippen LogP contribution in [0.5, 0.6) is 5.75 Å². The lowest BCUT2D eigenvalue weighted by Crippen LogP contribution is -2.41. The molecule has 128 valence electrons. The van der Waals surface area contributed by atoms with Gasteiger partial charge >= 0.3 is 0 Å². The lowest BCUT2D eigenvalue weighted by Gasteiger charge is -2.34. The van der Waals surface area contributed by atoms with E-state index >= 15 is 0 Å². The smallest absolute Gasteiger partial charge is 0.257 e. The van der Waals surface area contributed by atoms with Crippen molar-refractivity contribution in [2.45, 2.75) is 33.6 Å². The second-order valence-corrected chi connectivity index (χ2v) is 6.15. The molecule has 23 heavy (non-hydrogen) atoms. The fourth-order valence-electron chi connectivity index (χ4n) is 3.26. The van der Waals surface area contributed by atoms with E-state index in [0.717, 1.165) is 45.6 Å². The predicted molar refractivity (Wildman–Crippen MR) is 94.0 cm³/mol. The van der Waals surface area contributed by atoms with Gasteiger partial charge in [0, 0.05) is 19.6 Å². The Morgan fingerprint density at radius 1 is 1.17 bits per heavy atom. The first-order valence-electron chi connectivity index (χ1n) is 8.93. The van der Waals surface area contributed by atoms with Crippen LogP contribution in [0, 0.1) is 5.92 Å². The summed E-state index contributed by atoms with van der Waals surface area (Å²) in [4.78, 5) is 17.2. The third kappa shape index (κ3) is 4.71. The van der Waals surface area contributed by atoms with Crippen LogP contribution in [-0.4, -0.2) is 55.0 Å². The van der Waals surface area contributed by atoms with Crippen molar-refractivity contribution in [3.63, 3.8) is 0 Å². The summed E-state index contributed by atoms with van der Waals surface area (Å²) in [6.45, 7) is 12.0. The van der Waals surface area contributed by atoms with Gasteiger partial charge in [0.15, 0.2) is 0 Å². The number of likely N-dealkylation sites (tertiary alicyclic amines) is 1. The van der Waals surface area contributed by atoms with Crippen LogP contribution in [-0.2, 0) is 0 Å². The minimum Gasteiger partial charge on any atom is -0.493 e. The number of rotatable bonds is 7. The van der Waals surface area contributed by atoms with Gasteiger partial charge in [-0.25, -0.2) is 0 Å². The number of hydrogen-bond donors (Lipinski definition) is 0.